The van der Waals surface area contributed by atoms with E-state index in [2.05, 4.69) is 36.0 Å². The van der Waals surface area contributed by atoms with Gasteiger partial charge >= 0.3 is 5.76 Å². The topological polar surface area (TPSA) is 105 Å². The summed E-state index contributed by atoms with van der Waals surface area (Å²) in [7, 11) is 0. The van der Waals surface area contributed by atoms with Crippen LogP contribution in [0.2, 0.25) is 0 Å². The second-order valence-corrected chi connectivity index (χ2v) is 7.50. The Balaban J connectivity index is 1.56. The summed E-state index contributed by atoms with van der Waals surface area (Å²) in [6, 6.07) is 0. The molecular weight excluding hydrogens is 324 g/mol. The molecule has 0 bridgehead atoms. The van der Waals surface area contributed by atoms with Gasteiger partial charge in [0.05, 0.1) is 12.1 Å². The Morgan fingerprint density at radius 2 is 2.20 bits per heavy atom. The number of oxazole rings is 1. The highest BCUT2D eigenvalue weighted by Gasteiger charge is 2.28. The third kappa shape index (κ3) is 4.18. The van der Waals surface area contributed by atoms with Crippen molar-refractivity contribution in [3.05, 3.63) is 34.3 Å². The lowest BCUT2D eigenvalue weighted by molar-refractivity contribution is -0.132. The lowest BCUT2D eigenvalue weighted by Gasteiger charge is -2.31. The summed E-state index contributed by atoms with van der Waals surface area (Å²) < 4.78 is 10.8. The molecule has 1 fully saturated rings. The predicted molar refractivity (Wildman–Crippen MR) is 89.2 cm³/mol. The number of likely N-dealkylation sites (tertiary alicyclic amines) is 1. The first kappa shape index (κ1) is 17.4. The summed E-state index contributed by atoms with van der Waals surface area (Å²) in [5.74, 6) is 1.25. The first-order valence-electron chi connectivity index (χ1n) is 8.61. The van der Waals surface area contributed by atoms with Gasteiger partial charge in [-0.15, -0.1) is 5.10 Å². The van der Waals surface area contributed by atoms with Gasteiger partial charge in [0.15, 0.2) is 5.89 Å². The van der Waals surface area contributed by atoms with Crippen molar-refractivity contribution in [1.29, 1.82) is 0 Å². The van der Waals surface area contributed by atoms with Gasteiger partial charge in [-0.25, -0.2) is 14.9 Å². The number of nitrogens with zero attached hydrogens (tertiary/aromatic N) is 3. The minimum atomic E-state index is -0.558. The molecule has 1 aliphatic heterocycles. The van der Waals surface area contributed by atoms with Crippen LogP contribution in [0.3, 0.4) is 0 Å². The van der Waals surface area contributed by atoms with E-state index in [-0.39, 0.29) is 17.2 Å². The number of aromatic nitrogens is 3. The standard InChI is InChI=1S/C17H24N4O4/c1-17(2,3)12-9-18-13(24-12)6-7-14(22)21-8-4-5-11(10-21)15-19-20-16(23)25-15/h9,11H,4-8,10H2,1-3H3,(H,20,23). The SMILES string of the molecule is CC(C)(C)c1cnc(CCC(=O)N2CCCC(c3n[nH]c(=O)o3)C2)o1. The van der Waals surface area contributed by atoms with Crippen molar-refractivity contribution in [2.45, 2.75) is 57.8 Å². The molecule has 1 saturated heterocycles. The average molecular weight is 348 g/mol. The number of aryl methyl sites for hydroxylation is 1. The molecular formula is C17H24N4O4. The van der Waals surface area contributed by atoms with Gasteiger partial charge in [0.2, 0.25) is 11.8 Å². The van der Waals surface area contributed by atoms with E-state index in [4.69, 9.17) is 8.83 Å². The molecule has 3 heterocycles. The number of aromatic amines is 1. The molecule has 0 saturated carbocycles. The molecule has 2 aromatic rings. The summed E-state index contributed by atoms with van der Waals surface area (Å²) >= 11 is 0. The van der Waals surface area contributed by atoms with Crippen LogP contribution in [0, 0.1) is 0 Å². The van der Waals surface area contributed by atoms with Gasteiger partial charge in [-0.1, -0.05) is 20.8 Å². The molecule has 1 amide bonds. The number of carbonyl (C=O) groups excluding carboxylic acids is 1. The molecule has 1 atom stereocenters. The Hall–Kier alpha value is -2.38. The Morgan fingerprint density at radius 3 is 2.84 bits per heavy atom. The Labute approximate surface area is 145 Å². The first-order chi connectivity index (χ1) is 11.8. The molecule has 1 aliphatic rings. The quantitative estimate of drug-likeness (QED) is 0.906. The summed E-state index contributed by atoms with van der Waals surface area (Å²) in [6.45, 7) is 7.41. The number of hydrogen-bond acceptors (Lipinski definition) is 6. The zero-order chi connectivity index (χ0) is 18.0. The molecule has 0 radical (unpaired) electrons. The highest BCUT2D eigenvalue weighted by Crippen LogP contribution is 2.26. The van der Waals surface area contributed by atoms with Gasteiger partial charge in [0, 0.05) is 31.3 Å². The molecule has 0 aromatic carbocycles. The van der Waals surface area contributed by atoms with E-state index in [0.717, 1.165) is 18.6 Å². The van der Waals surface area contributed by atoms with Crippen LogP contribution in [0.1, 0.15) is 63.5 Å². The summed E-state index contributed by atoms with van der Waals surface area (Å²) in [5.41, 5.74) is -0.0944. The second kappa shape index (κ2) is 6.85. The van der Waals surface area contributed by atoms with Crippen LogP contribution in [0.15, 0.2) is 19.8 Å². The highest BCUT2D eigenvalue weighted by atomic mass is 16.4. The van der Waals surface area contributed by atoms with Crippen LogP contribution < -0.4 is 5.76 Å². The fourth-order valence-corrected chi connectivity index (χ4v) is 2.97. The molecule has 1 N–H and O–H groups in total. The number of H-pyrrole nitrogens is 1. The van der Waals surface area contributed by atoms with Crippen molar-refractivity contribution in [3.8, 4) is 0 Å². The van der Waals surface area contributed by atoms with E-state index in [1.807, 2.05) is 0 Å². The van der Waals surface area contributed by atoms with Gasteiger partial charge in [0.1, 0.15) is 5.76 Å². The minimum absolute atomic E-state index is 0.0362. The monoisotopic (exact) mass is 348 g/mol. The number of nitrogens with one attached hydrogen (secondary N) is 1. The van der Waals surface area contributed by atoms with Gasteiger partial charge in [-0.3, -0.25) is 4.79 Å². The van der Waals surface area contributed by atoms with Crippen LogP contribution in [0.5, 0.6) is 0 Å². The van der Waals surface area contributed by atoms with E-state index < -0.39 is 5.76 Å². The Kier molecular flexibility index (Phi) is 4.78. The van der Waals surface area contributed by atoms with Crippen LogP contribution in [0.4, 0.5) is 0 Å². The van der Waals surface area contributed by atoms with Crippen molar-refractivity contribution in [2.75, 3.05) is 13.1 Å². The zero-order valence-corrected chi connectivity index (χ0v) is 14.9. The molecule has 8 heteroatoms. The van der Waals surface area contributed by atoms with Gasteiger partial charge in [-0.05, 0) is 12.8 Å². The predicted octanol–water partition coefficient (Wildman–Crippen LogP) is 1.99. The van der Waals surface area contributed by atoms with Crippen LogP contribution in [0.25, 0.3) is 0 Å². The number of hydrogen-bond donors (Lipinski definition) is 1. The van der Waals surface area contributed by atoms with Crippen LogP contribution >= 0.6 is 0 Å². The van der Waals surface area contributed by atoms with E-state index in [0.29, 0.717) is 37.7 Å². The number of carbonyl (C=O) groups is 1. The third-order valence-corrected chi connectivity index (χ3v) is 4.42. The largest absolute Gasteiger partial charge is 0.445 e. The molecule has 2 aromatic heterocycles. The highest BCUT2D eigenvalue weighted by molar-refractivity contribution is 5.76. The van der Waals surface area contributed by atoms with E-state index >= 15 is 0 Å². The van der Waals surface area contributed by atoms with Crippen molar-refractivity contribution in [2.24, 2.45) is 0 Å². The fraction of sp³-hybridized carbons (Fsp3) is 0.647. The van der Waals surface area contributed by atoms with E-state index in [9.17, 15) is 9.59 Å². The van der Waals surface area contributed by atoms with Crippen molar-refractivity contribution in [3.63, 3.8) is 0 Å². The normalized spacial score (nSPS) is 18.5. The van der Waals surface area contributed by atoms with Crippen molar-refractivity contribution >= 4 is 5.91 Å². The van der Waals surface area contributed by atoms with E-state index in [1.165, 1.54) is 0 Å². The maximum atomic E-state index is 12.5. The fourth-order valence-electron chi connectivity index (χ4n) is 2.97. The summed E-state index contributed by atoms with van der Waals surface area (Å²) in [6.07, 6.45) is 4.28. The number of amides is 1. The molecule has 1 unspecified atom stereocenters. The van der Waals surface area contributed by atoms with Crippen molar-refractivity contribution < 1.29 is 13.6 Å². The Bertz CT molecular complexity index is 783. The Morgan fingerprint density at radius 1 is 1.40 bits per heavy atom. The minimum Gasteiger partial charge on any atom is -0.445 e. The van der Waals surface area contributed by atoms with Gasteiger partial charge in [-0.2, -0.15) is 0 Å². The van der Waals surface area contributed by atoms with Gasteiger partial charge < -0.3 is 13.7 Å². The lowest BCUT2D eigenvalue weighted by atomic mass is 9.94. The first-order valence-corrected chi connectivity index (χ1v) is 8.61. The molecule has 0 aliphatic carbocycles. The number of rotatable bonds is 4. The van der Waals surface area contributed by atoms with Crippen LogP contribution in [-0.2, 0) is 16.6 Å². The second-order valence-electron chi connectivity index (χ2n) is 7.50. The third-order valence-electron chi connectivity index (χ3n) is 4.42. The summed E-state index contributed by atoms with van der Waals surface area (Å²) in [4.78, 5) is 29.7. The number of piperidine rings is 1. The molecule has 25 heavy (non-hydrogen) atoms. The van der Waals surface area contributed by atoms with Crippen LogP contribution in [-0.4, -0.2) is 39.1 Å². The summed E-state index contributed by atoms with van der Waals surface area (Å²) in [5, 5.41) is 6.16. The molecule has 8 nitrogen and oxygen atoms in total. The zero-order valence-electron chi connectivity index (χ0n) is 14.9. The average Bonchev–Trinajstić information content (AvgIpc) is 3.21. The lowest BCUT2D eigenvalue weighted by Crippen LogP contribution is -2.39. The maximum absolute atomic E-state index is 12.5. The molecule has 136 valence electrons. The molecule has 0 spiro atoms. The van der Waals surface area contributed by atoms with Crippen molar-refractivity contribution in [1.82, 2.24) is 20.1 Å². The molecule has 3 rings (SSSR count). The smallest absolute Gasteiger partial charge is 0.434 e. The maximum Gasteiger partial charge on any atom is 0.434 e. The van der Waals surface area contributed by atoms with Gasteiger partial charge in [0.25, 0.3) is 0 Å². The van der Waals surface area contributed by atoms with E-state index in [1.54, 1.807) is 11.1 Å².